The topological polar surface area (TPSA) is 73.1 Å². The maximum atomic E-state index is 6.81. The number of hydrogen-bond acceptors (Lipinski definition) is 6. The number of fused-ring (bicyclic) bond motifs is 14. The van der Waals surface area contributed by atoms with E-state index < -0.39 is 0 Å². The van der Waals surface area contributed by atoms with Gasteiger partial charge >= 0.3 is 0 Å². The van der Waals surface area contributed by atoms with Crippen molar-refractivity contribution in [3.63, 3.8) is 0 Å². The third kappa shape index (κ3) is 15.7. The highest BCUT2D eigenvalue weighted by Crippen LogP contribution is 2.50. The van der Waals surface area contributed by atoms with Crippen molar-refractivity contribution in [1.82, 2.24) is 28.7 Å². The van der Waals surface area contributed by atoms with Crippen molar-refractivity contribution in [3.05, 3.63) is 507 Å². The average molecular weight is 1800 g/mol. The molecule has 0 atom stereocenters. The quantitative estimate of drug-likeness (QED) is 0.0898. The van der Waals surface area contributed by atoms with Gasteiger partial charge in [0.05, 0.1) is 50.2 Å². The Labute approximate surface area is 813 Å². The summed E-state index contributed by atoms with van der Waals surface area (Å²) in [6, 6.07) is 171. The Balaban J connectivity index is 0.000000114. The Bertz CT molecular complexity index is 8720. The fourth-order valence-electron chi connectivity index (χ4n) is 20.6. The molecule has 0 radical (unpaired) electrons. The van der Waals surface area contributed by atoms with Crippen LogP contribution in [0.2, 0.25) is 0 Å². The molecule has 0 aliphatic carbocycles. The molecule has 0 saturated carbocycles. The fraction of sp³-hybridized carbons (Fsp3) is 0.0458. The molecular weight excluding hydrogens is 1700 g/mol. The van der Waals surface area contributed by atoms with Crippen LogP contribution in [0.3, 0.4) is 0 Å². The van der Waals surface area contributed by atoms with Gasteiger partial charge in [-0.2, -0.15) is 0 Å². The van der Waals surface area contributed by atoms with Gasteiger partial charge in [-0.1, -0.05) is 363 Å². The zero-order valence-electron chi connectivity index (χ0n) is 78.3. The average Bonchev–Trinajstić information content (AvgIpc) is 1.39. The molecular formula is C131H96N8O. The minimum atomic E-state index is 0.697. The third-order valence-electron chi connectivity index (χ3n) is 27.4. The van der Waals surface area contributed by atoms with Gasteiger partial charge in [-0.05, 0) is 221 Å². The summed E-state index contributed by atoms with van der Waals surface area (Å²) in [6.07, 6.45) is 0.875. The first kappa shape index (κ1) is 84.9. The lowest BCUT2D eigenvalue weighted by atomic mass is 9.85. The largest absolute Gasteiger partial charge is 0.456 e. The molecule has 140 heavy (non-hydrogen) atoms. The lowest BCUT2D eigenvalue weighted by Gasteiger charge is -2.27. The Morgan fingerprint density at radius 1 is 0.229 bits per heavy atom. The number of imidazole rings is 1. The zero-order chi connectivity index (χ0) is 93.8. The summed E-state index contributed by atoms with van der Waals surface area (Å²) in [5.74, 6) is 1.77. The van der Waals surface area contributed by atoms with Crippen LogP contribution in [0.4, 0.5) is 34.1 Å². The van der Waals surface area contributed by atoms with E-state index in [0.29, 0.717) is 5.82 Å². The first-order valence-corrected chi connectivity index (χ1v) is 48.1. The van der Waals surface area contributed by atoms with Crippen LogP contribution in [-0.4, -0.2) is 28.7 Å². The predicted molar refractivity (Wildman–Crippen MR) is 588 cm³/mol. The Morgan fingerprint density at radius 3 is 1.04 bits per heavy atom. The van der Waals surface area contributed by atoms with Crippen molar-refractivity contribution in [2.75, 3.05) is 9.80 Å². The van der Waals surface area contributed by atoms with Crippen LogP contribution < -0.4 is 9.80 Å². The van der Waals surface area contributed by atoms with Crippen molar-refractivity contribution < 1.29 is 4.42 Å². The van der Waals surface area contributed by atoms with Gasteiger partial charge in [0.15, 0.2) is 5.82 Å². The van der Waals surface area contributed by atoms with Gasteiger partial charge in [-0.15, -0.1) is 0 Å². The van der Waals surface area contributed by atoms with Crippen molar-refractivity contribution in [1.29, 1.82) is 0 Å². The minimum Gasteiger partial charge on any atom is -0.456 e. The normalized spacial score (nSPS) is 11.5. The van der Waals surface area contributed by atoms with Crippen molar-refractivity contribution in [2.24, 2.45) is 0 Å². The molecule has 5 aromatic heterocycles. The highest BCUT2D eigenvalue weighted by molar-refractivity contribution is 6.24. The van der Waals surface area contributed by atoms with E-state index in [4.69, 9.17) is 19.4 Å². The number of hydrogen-bond donors (Lipinski definition) is 0. The number of aromatic nitrogens is 6. The zero-order valence-corrected chi connectivity index (χ0v) is 78.3. The minimum absolute atomic E-state index is 0.697. The van der Waals surface area contributed by atoms with Crippen molar-refractivity contribution in [2.45, 2.75) is 41.0 Å². The number of anilines is 6. The van der Waals surface area contributed by atoms with E-state index >= 15 is 0 Å². The van der Waals surface area contributed by atoms with E-state index in [0.717, 1.165) is 147 Å². The molecule has 0 spiro atoms. The molecule has 0 fully saturated rings. The monoisotopic (exact) mass is 1800 g/mol. The summed E-state index contributed by atoms with van der Waals surface area (Å²) in [5.41, 5.74) is 35.6. The Morgan fingerprint density at radius 2 is 0.586 bits per heavy atom. The molecule has 666 valence electrons. The molecule has 9 nitrogen and oxygen atoms in total. The van der Waals surface area contributed by atoms with E-state index in [1.807, 2.05) is 24.3 Å². The fourth-order valence-corrected chi connectivity index (χ4v) is 20.6. The van der Waals surface area contributed by atoms with E-state index in [1.54, 1.807) is 0 Å². The van der Waals surface area contributed by atoms with Gasteiger partial charge in [-0.25, -0.2) is 15.0 Å². The van der Waals surface area contributed by atoms with Crippen LogP contribution in [0.25, 0.3) is 193 Å². The lowest BCUT2D eigenvalue weighted by Crippen LogP contribution is -2.10. The standard InChI is InChI=1S/C46H30N4.C44H36N2O.C41H30N2/c1-3-15-31(16-4-1)40-30-41(48-46(47-40)32-17-5-2-6-18-32)33-27-34(49-42-23-11-7-19-36(42)37-20-8-12-24-43(37)49)29-35(28-33)50-44-25-13-9-21-38(44)39-22-10-14-26-45(39)50;1-29-9-17-33(18-10-29)45(34-19-11-30(2)12-20-34)37-25-26-40-42(27-37)47-43-28-41(38-7-5-6-8-39(38)44(40)43)46(35-21-13-31(3)14-22-35)36-23-15-32(4)16-24-36;1-2-39-42-37-18-10-11-19-38(37)43(39)32-26-24-31(25-27-32)41-35-16-8-6-14-33(35)40(34-15-7-9-17-36(34)41)30-22-20-29(21-23-30)28-12-4-3-5-13-28/h1-30H;5-28H,1-4H3;3-27H,2H2,1H3. The summed E-state index contributed by atoms with van der Waals surface area (Å²) >= 11 is 0. The number of benzene rings is 21. The summed E-state index contributed by atoms with van der Waals surface area (Å²) in [5, 5.41) is 14.6. The van der Waals surface area contributed by atoms with Crippen LogP contribution in [0.15, 0.2) is 484 Å². The van der Waals surface area contributed by atoms with Gasteiger partial charge < -0.3 is 23.4 Å². The van der Waals surface area contributed by atoms with Crippen molar-refractivity contribution in [3.8, 4) is 84.3 Å². The third-order valence-corrected chi connectivity index (χ3v) is 27.4. The SMILES string of the molecule is CCc1nc2ccccc2n1-c1ccc(-c2c3ccccc3c(-c3ccc(-c4ccccc4)cc3)c3ccccc23)cc1.Cc1ccc(N(c2ccc(C)cc2)c2ccc3c(c2)oc2cc(N(c4ccc(C)cc4)c4ccc(C)cc4)c4ccccc4c23)cc1.c1ccc(-c2cc(-c3cc(-n4c5ccccc5c5ccccc54)cc(-n4c5ccccc5c5ccccc54)c3)nc(-c3ccccc3)n2)cc1. The summed E-state index contributed by atoms with van der Waals surface area (Å²) in [4.78, 5) is 19.9. The van der Waals surface area contributed by atoms with Gasteiger partial charge in [0.1, 0.15) is 17.0 Å². The number of para-hydroxylation sites is 6. The molecule has 5 heterocycles. The molecule has 0 bridgehead atoms. The molecule has 26 aromatic rings. The molecule has 26 rings (SSSR count). The molecule has 0 aliphatic rings. The summed E-state index contributed by atoms with van der Waals surface area (Å²) in [6.45, 7) is 10.7. The number of rotatable bonds is 16. The van der Waals surface area contributed by atoms with Gasteiger partial charge in [0.2, 0.25) is 0 Å². The first-order valence-electron chi connectivity index (χ1n) is 48.1. The van der Waals surface area contributed by atoms with Gasteiger partial charge in [0.25, 0.3) is 0 Å². The molecule has 0 N–H and O–H groups in total. The highest BCUT2D eigenvalue weighted by atomic mass is 16.3. The van der Waals surface area contributed by atoms with Crippen LogP contribution in [-0.2, 0) is 6.42 Å². The number of aryl methyl sites for hydroxylation is 5. The van der Waals surface area contributed by atoms with Crippen LogP contribution in [0.1, 0.15) is 35.0 Å². The number of furan rings is 1. The second kappa shape index (κ2) is 36.3. The van der Waals surface area contributed by atoms with E-state index in [2.05, 4.69) is 513 Å². The van der Waals surface area contributed by atoms with Crippen LogP contribution in [0.5, 0.6) is 0 Å². The summed E-state index contributed by atoms with van der Waals surface area (Å²) in [7, 11) is 0. The van der Waals surface area contributed by atoms with Crippen molar-refractivity contribution >= 4 is 143 Å². The second-order valence-corrected chi connectivity index (χ2v) is 36.3. The molecule has 0 unspecified atom stereocenters. The molecule has 0 amide bonds. The lowest BCUT2D eigenvalue weighted by molar-refractivity contribution is 0.669. The van der Waals surface area contributed by atoms with Gasteiger partial charge in [0, 0.05) is 118 Å². The Hall–Kier alpha value is -18.1. The van der Waals surface area contributed by atoms with Gasteiger partial charge in [-0.3, -0.25) is 4.57 Å². The number of nitrogens with zero attached hydrogens (tertiary/aromatic N) is 8. The molecule has 0 saturated heterocycles. The van der Waals surface area contributed by atoms with E-state index in [1.165, 1.54) is 109 Å². The van der Waals surface area contributed by atoms with E-state index in [9.17, 15) is 0 Å². The summed E-state index contributed by atoms with van der Waals surface area (Å²) < 4.78 is 13.9. The highest BCUT2D eigenvalue weighted by Gasteiger charge is 2.26. The maximum Gasteiger partial charge on any atom is 0.160 e. The van der Waals surface area contributed by atoms with Crippen LogP contribution >= 0.6 is 0 Å². The van der Waals surface area contributed by atoms with Crippen LogP contribution in [0, 0.1) is 27.7 Å². The Kier molecular flexibility index (Phi) is 22.0. The predicted octanol–water partition coefficient (Wildman–Crippen LogP) is 35.5. The molecule has 9 heteroatoms. The van der Waals surface area contributed by atoms with E-state index in [-0.39, 0.29) is 0 Å². The molecule has 0 aliphatic heterocycles. The first-order chi connectivity index (χ1) is 69.0. The second-order valence-electron chi connectivity index (χ2n) is 36.3. The maximum absolute atomic E-state index is 6.81. The molecule has 21 aromatic carbocycles. The smallest absolute Gasteiger partial charge is 0.160 e.